The van der Waals surface area contributed by atoms with Gasteiger partial charge in [-0.25, -0.2) is 4.98 Å². The number of nitrogens with zero attached hydrogens (tertiary/aromatic N) is 4. The first-order valence-electron chi connectivity index (χ1n) is 10.7. The summed E-state index contributed by atoms with van der Waals surface area (Å²) in [5, 5.41) is 10.8. The lowest BCUT2D eigenvalue weighted by Gasteiger charge is -2.51. The van der Waals surface area contributed by atoms with E-state index in [1.54, 1.807) is 6.20 Å². The van der Waals surface area contributed by atoms with E-state index >= 15 is 0 Å². The normalized spacial score (nSPS) is 23.7. The van der Waals surface area contributed by atoms with Crippen molar-refractivity contribution in [2.45, 2.75) is 48.5 Å². The van der Waals surface area contributed by atoms with E-state index in [0.717, 1.165) is 56.0 Å². The molecule has 1 aromatic carbocycles. The molecular weight excluding hydrogens is 420 g/mol. The molecule has 0 spiro atoms. The number of hydrogen-bond donors (Lipinski definition) is 1. The third-order valence-corrected chi connectivity index (χ3v) is 8.58. The summed E-state index contributed by atoms with van der Waals surface area (Å²) in [6.45, 7) is 2.57. The quantitative estimate of drug-likeness (QED) is 0.776. The van der Waals surface area contributed by atoms with E-state index in [2.05, 4.69) is 26.9 Å². The first kappa shape index (κ1) is 20.2. The number of aliphatic hydroxyl groups is 1. The van der Waals surface area contributed by atoms with Crippen LogP contribution in [0.5, 0.6) is 0 Å². The van der Waals surface area contributed by atoms with Crippen LogP contribution in [0.1, 0.15) is 43.6 Å². The van der Waals surface area contributed by atoms with Gasteiger partial charge in [0.25, 0.3) is 0 Å². The minimum Gasteiger partial charge on any atom is -0.394 e. The van der Waals surface area contributed by atoms with Gasteiger partial charge >= 0.3 is 0 Å². The van der Waals surface area contributed by atoms with Crippen LogP contribution >= 0.6 is 11.6 Å². The molecule has 1 atom stereocenters. The molecule has 1 aliphatic carbocycles. The average Bonchev–Trinajstić information content (AvgIpc) is 2.75. The zero-order valence-electron chi connectivity index (χ0n) is 17.0. The number of hydrogen-bond acceptors (Lipinski definition) is 6. The van der Waals surface area contributed by atoms with Crippen molar-refractivity contribution in [3.8, 4) is 0 Å². The molecule has 1 saturated carbocycles. The van der Waals surface area contributed by atoms with Crippen LogP contribution in [-0.2, 0) is 10.8 Å². The molecule has 6 nitrogen and oxygen atoms in total. The van der Waals surface area contributed by atoms with Crippen molar-refractivity contribution in [1.29, 1.82) is 0 Å². The second kappa shape index (κ2) is 8.09. The van der Waals surface area contributed by atoms with Crippen LogP contribution in [0, 0.1) is 0 Å². The topological polar surface area (TPSA) is 69.6 Å². The highest BCUT2D eigenvalue weighted by molar-refractivity contribution is 7.85. The fourth-order valence-corrected chi connectivity index (χ4v) is 6.18. The Balaban J connectivity index is 1.36. The molecule has 3 aliphatic rings. The molecule has 160 valence electrons. The third-order valence-electron chi connectivity index (χ3n) is 7.00. The van der Waals surface area contributed by atoms with Crippen molar-refractivity contribution >= 4 is 34.2 Å². The van der Waals surface area contributed by atoms with E-state index < -0.39 is 10.8 Å². The summed E-state index contributed by atoms with van der Waals surface area (Å²) in [5.41, 5.74) is 1.09. The number of benzene rings is 1. The Hall–Kier alpha value is -1.70. The molecule has 8 heteroatoms. The van der Waals surface area contributed by atoms with Gasteiger partial charge in [-0.1, -0.05) is 23.7 Å². The Labute approximate surface area is 184 Å². The Kier molecular flexibility index (Phi) is 5.45. The number of halogens is 1. The standard InChI is InChI=1S/C22H27ClN4O2S/c23-18-4-2-16(3-5-18)17-6-10-26(11-7-17)21-24-14-19-20(25-21)27(12-13-30(19)29)22(15-28)8-1-9-22/h2-5,14,17,28H,1,6-13,15H2/t30-/m1/s1. The lowest BCUT2D eigenvalue weighted by molar-refractivity contribution is 0.115. The monoisotopic (exact) mass is 446 g/mol. The van der Waals surface area contributed by atoms with Crippen LogP contribution in [0.3, 0.4) is 0 Å². The summed E-state index contributed by atoms with van der Waals surface area (Å²) in [4.78, 5) is 14.6. The van der Waals surface area contributed by atoms with Crippen LogP contribution in [-0.4, -0.2) is 56.8 Å². The van der Waals surface area contributed by atoms with Gasteiger partial charge in [0, 0.05) is 30.4 Å². The van der Waals surface area contributed by atoms with E-state index in [4.69, 9.17) is 16.6 Å². The number of fused-ring (bicyclic) bond motifs is 1. The third kappa shape index (κ3) is 3.51. The summed E-state index contributed by atoms with van der Waals surface area (Å²) < 4.78 is 12.6. The number of aromatic nitrogens is 2. The first-order chi connectivity index (χ1) is 14.6. The number of aliphatic hydroxyl groups excluding tert-OH is 1. The SMILES string of the molecule is O=[S@@]1CCN(C2(CO)CCC2)c2nc(N3CCC(c4ccc(Cl)cc4)CC3)ncc21. The molecule has 0 unspecified atom stereocenters. The summed E-state index contributed by atoms with van der Waals surface area (Å²) in [7, 11) is -1.07. The fourth-order valence-electron chi connectivity index (χ4n) is 4.96. The lowest BCUT2D eigenvalue weighted by Crippen LogP contribution is -2.59. The highest BCUT2D eigenvalue weighted by atomic mass is 35.5. The molecule has 5 rings (SSSR count). The second-order valence-corrected chi connectivity index (χ2v) is 10.6. The Bertz CT molecular complexity index is 937. The van der Waals surface area contributed by atoms with Crippen LogP contribution in [0.4, 0.5) is 11.8 Å². The summed E-state index contributed by atoms with van der Waals surface area (Å²) in [6, 6.07) is 8.17. The van der Waals surface area contributed by atoms with Crippen LogP contribution in [0.15, 0.2) is 35.4 Å². The molecule has 2 aromatic rings. The van der Waals surface area contributed by atoms with E-state index in [-0.39, 0.29) is 12.1 Å². The summed E-state index contributed by atoms with van der Waals surface area (Å²) in [6.07, 6.45) is 6.86. The van der Waals surface area contributed by atoms with E-state index in [9.17, 15) is 9.32 Å². The number of rotatable bonds is 4. The van der Waals surface area contributed by atoms with Gasteiger partial charge in [-0.05, 0) is 55.7 Å². The van der Waals surface area contributed by atoms with Gasteiger partial charge in [0.15, 0.2) is 5.82 Å². The van der Waals surface area contributed by atoms with Gasteiger partial charge in [0.2, 0.25) is 5.95 Å². The fraction of sp³-hybridized carbons (Fsp3) is 0.545. The number of piperidine rings is 1. The second-order valence-electron chi connectivity index (χ2n) is 8.61. The molecule has 1 aromatic heterocycles. The van der Waals surface area contributed by atoms with Gasteiger partial charge in [-0.3, -0.25) is 4.21 Å². The van der Waals surface area contributed by atoms with Crippen molar-refractivity contribution in [2.75, 3.05) is 41.8 Å². The van der Waals surface area contributed by atoms with E-state index in [0.29, 0.717) is 29.1 Å². The van der Waals surface area contributed by atoms with Gasteiger partial charge in [-0.2, -0.15) is 4.98 Å². The maximum Gasteiger partial charge on any atom is 0.227 e. The molecule has 1 N–H and O–H groups in total. The maximum absolute atomic E-state index is 12.6. The highest BCUT2D eigenvalue weighted by Gasteiger charge is 2.45. The van der Waals surface area contributed by atoms with Gasteiger partial charge in [0.05, 0.1) is 34.0 Å². The molecule has 3 heterocycles. The number of anilines is 2. The molecule has 1 saturated heterocycles. The minimum absolute atomic E-state index is 0.116. The zero-order valence-corrected chi connectivity index (χ0v) is 18.5. The largest absolute Gasteiger partial charge is 0.394 e. The molecule has 2 aliphatic heterocycles. The van der Waals surface area contributed by atoms with Crippen molar-refractivity contribution in [3.05, 3.63) is 41.0 Å². The van der Waals surface area contributed by atoms with Gasteiger partial charge < -0.3 is 14.9 Å². The Morgan fingerprint density at radius 3 is 2.53 bits per heavy atom. The van der Waals surface area contributed by atoms with Gasteiger partial charge in [0.1, 0.15) is 0 Å². The van der Waals surface area contributed by atoms with Crippen LogP contribution in [0.2, 0.25) is 5.02 Å². The minimum atomic E-state index is -1.07. The highest BCUT2D eigenvalue weighted by Crippen LogP contribution is 2.43. The Morgan fingerprint density at radius 2 is 1.90 bits per heavy atom. The predicted molar refractivity (Wildman–Crippen MR) is 120 cm³/mol. The molecule has 2 fully saturated rings. The molecule has 30 heavy (non-hydrogen) atoms. The Morgan fingerprint density at radius 1 is 1.17 bits per heavy atom. The molecular formula is C22H27ClN4O2S. The van der Waals surface area contributed by atoms with E-state index in [1.165, 1.54) is 5.56 Å². The first-order valence-corrected chi connectivity index (χ1v) is 12.4. The molecule has 0 bridgehead atoms. The van der Waals surface area contributed by atoms with E-state index in [1.807, 2.05) is 12.1 Å². The van der Waals surface area contributed by atoms with Crippen LogP contribution < -0.4 is 9.80 Å². The average molecular weight is 447 g/mol. The summed E-state index contributed by atoms with van der Waals surface area (Å²) >= 11 is 6.02. The van der Waals surface area contributed by atoms with Crippen molar-refractivity contribution in [1.82, 2.24) is 9.97 Å². The van der Waals surface area contributed by atoms with Gasteiger partial charge in [-0.15, -0.1) is 0 Å². The van der Waals surface area contributed by atoms with Crippen LogP contribution in [0.25, 0.3) is 0 Å². The smallest absolute Gasteiger partial charge is 0.227 e. The maximum atomic E-state index is 12.6. The molecule has 0 radical (unpaired) electrons. The van der Waals surface area contributed by atoms with Crippen molar-refractivity contribution in [3.63, 3.8) is 0 Å². The van der Waals surface area contributed by atoms with Crippen molar-refractivity contribution in [2.24, 2.45) is 0 Å². The molecule has 0 amide bonds. The lowest BCUT2D eigenvalue weighted by atomic mass is 9.76. The zero-order chi connectivity index (χ0) is 20.7. The summed E-state index contributed by atoms with van der Waals surface area (Å²) in [5.74, 6) is 2.56. The predicted octanol–water partition coefficient (Wildman–Crippen LogP) is 3.36. The van der Waals surface area contributed by atoms with Crippen molar-refractivity contribution < 1.29 is 9.32 Å².